The summed E-state index contributed by atoms with van der Waals surface area (Å²) >= 11 is 0. The summed E-state index contributed by atoms with van der Waals surface area (Å²) in [7, 11) is 0. The molecule has 1 N–H and O–H groups in total. The molecule has 0 heterocycles. The van der Waals surface area contributed by atoms with E-state index < -0.39 is 5.97 Å². The Hall–Kier alpha value is -1.05. The van der Waals surface area contributed by atoms with Crippen LogP contribution in [0.15, 0.2) is 24.3 Å². The van der Waals surface area contributed by atoms with Crippen LogP contribution in [-0.2, 0) is 4.79 Å². The van der Waals surface area contributed by atoms with Gasteiger partial charge in [0, 0.05) is 6.42 Å². The summed E-state index contributed by atoms with van der Waals surface area (Å²) < 4.78 is 0. The highest BCUT2D eigenvalue weighted by atomic mass is 16.4. The van der Waals surface area contributed by atoms with Gasteiger partial charge in [-0.05, 0) is 44.4 Å². The molecule has 0 amide bonds. The molecule has 0 rings (SSSR count). The predicted molar refractivity (Wildman–Crippen MR) is 86.9 cm³/mol. The van der Waals surface area contributed by atoms with Gasteiger partial charge in [0.25, 0.3) is 0 Å². The predicted octanol–water partition coefficient (Wildman–Crippen LogP) is 5.74. The summed E-state index contributed by atoms with van der Waals surface area (Å²) in [5.74, 6) is 0.125. The average molecular weight is 280 g/mol. The van der Waals surface area contributed by atoms with Crippen molar-refractivity contribution in [3.8, 4) is 0 Å². The molecule has 0 aliphatic heterocycles. The maximum Gasteiger partial charge on any atom is 0.303 e. The monoisotopic (exact) mass is 280 g/mol. The molecule has 0 unspecified atom stereocenters. The lowest BCUT2D eigenvalue weighted by atomic mass is 10.1. The largest absolute Gasteiger partial charge is 0.481 e. The molecule has 0 aromatic heterocycles. The van der Waals surface area contributed by atoms with Crippen LogP contribution in [0.2, 0.25) is 0 Å². The first kappa shape index (κ1) is 18.9. The van der Waals surface area contributed by atoms with Gasteiger partial charge in [0.05, 0.1) is 0 Å². The number of hydrogen-bond acceptors (Lipinski definition) is 1. The highest BCUT2D eigenvalue weighted by Gasteiger charge is 1.95. The SMILES string of the molecule is CC(C)CCC=CCC=CCCCCCCCC(=O)O. The first-order chi connectivity index (χ1) is 9.63. The van der Waals surface area contributed by atoms with Crippen LogP contribution in [0.4, 0.5) is 0 Å². The molecule has 0 radical (unpaired) electrons. The normalized spacial score (nSPS) is 11.9. The molecule has 2 heteroatoms. The molecule has 0 aliphatic carbocycles. The summed E-state index contributed by atoms with van der Waals surface area (Å²) in [6.45, 7) is 4.52. The van der Waals surface area contributed by atoms with Crippen LogP contribution in [-0.4, -0.2) is 11.1 Å². The number of carbonyl (C=O) groups is 1. The molecule has 0 bridgehead atoms. The van der Waals surface area contributed by atoms with E-state index in [-0.39, 0.29) is 0 Å². The van der Waals surface area contributed by atoms with E-state index in [1.165, 1.54) is 25.7 Å². The van der Waals surface area contributed by atoms with Gasteiger partial charge >= 0.3 is 5.97 Å². The lowest BCUT2D eigenvalue weighted by molar-refractivity contribution is -0.137. The van der Waals surface area contributed by atoms with Crippen molar-refractivity contribution >= 4 is 5.97 Å². The van der Waals surface area contributed by atoms with Gasteiger partial charge in [-0.3, -0.25) is 4.79 Å². The molecule has 0 saturated heterocycles. The van der Waals surface area contributed by atoms with Gasteiger partial charge < -0.3 is 5.11 Å². The maximum absolute atomic E-state index is 10.3. The van der Waals surface area contributed by atoms with Crippen LogP contribution in [0.25, 0.3) is 0 Å². The zero-order valence-electron chi connectivity index (χ0n) is 13.3. The molecular weight excluding hydrogens is 248 g/mol. The molecule has 0 aromatic carbocycles. The van der Waals surface area contributed by atoms with Crippen LogP contribution in [0.5, 0.6) is 0 Å². The van der Waals surface area contributed by atoms with Crippen molar-refractivity contribution < 1.29 is 9.90 Å². The van der Waals surface area contributed by atoms with Crippen molar-refractivity contribution in [1.82, 2.24) is 0 Å². The summed E-state index contributed by atoms with van der Waals surface area (Å²) in [4.78, 5) is 10.3. The van der Waals surface area contributed by atoms with Gasteiger partial charge in [-0.25, -0.2) is 0 Å². The Morgan fingerprint density at radius 1 is 0.900 bits per heavy atom. The molecule has 20 heavy (non-hydrogen) atoms. The molecular formula is C18H32O2. The van der Waals surface area contributed by atoms with E-state index >= 15 is 0 Å². The van der Waals surface area contributed by atoms with E-state index in [1.807, 2.05) is 0 Å². The number of carboxylic acid groups (broad SMARTS) is 1. The molecule has 0 atom stereocenters. The Labute approximate surface area is 125 Å². The van der Waals surface area contributed by atoms with Crippen LogP contribution in [0.1, 0.15) is 78.1 Å². The smallest absolute Gasteiger partial charge is 0.303 e. The van der Waals surface area contributed by atoms with Gasteiger partial charge in [0.1, 0.15) is 0 Å². The van der Waals surface area contributed by atoms with Gasteiger partial charge in [-0.1, -0.05) is 57.4 Å². The topological polar surface area (TPSA) is 37.3 Å². The van der Waals surface area contributed by atoms with E-state index in [1.54, 1.807) is 0 Å². The van der Waals surface area contributed by atoms with Crippen molar-refractivity contribution in [2.45, 2.75) is 78.1 Å². The minimum Gasteiger partial charge on any atom is -0.481 e. The van der Waals surface area contributed by atoms with Crippen molar-refractivity contribution in [1.29, 1.82) is 0 Å². The third kappa shape index (κ3) is 16.9. The van der Waals surface area contributed by atoms with Crippen molar-refractivity contribution in [2.24, 2.45) is 5.92 Å². The highest BCUT2D eigenvalue weighted by Crippen LogP contribution is 2.08. The Morgan fingerprint density at radius 2 is 1.50 bits per heavy atom. The number of unbranched alkanes of at least 4 members (excludes halogenated alkanes) is 5. The molecule has 0 fully saturated rings. The Bertz CT molecular complexity index is 277. The Balaban J connectivity index is 3.21. The maximum atomic E-state index is 10.3. The third-order valence-corrected chi connectivity index (χ3v) is 3.28. The molecule has 0 aliphatic rings. The van der Waals surface area contributed by atoms with Crippen molar-refractivity contribution in [3.63, 3.8) is 0 Å². The second-order valence-corrected chi connectivity index (χ2v) is 5.85. The molecule has 0 spiro atoms. The highest BCUT2D eigenvalue weighted by molar-refractivity contribution is 5.66. The average Bonchev–Trinajstić information content (AvgIpc) is 2.38. The number of carboxylic acids is 1. The minimum atomic E-state index is -0.672. The third-order valence-electron chi connectivity index (χ3n) is 3.28. The molecule has 116 valence electrons. The summed E-state index contributed by atoms with van der Waals surface area (Å²) in [6, 6.07) is 0. The van der Waals surface area contributed by atoms with Crippen molar-refractivity contribution in [2.75, 3.05) is 0 Å². The zero-order chi connectivity index (χ0) is 15.1. The van der Waals surface area contributed by atoms with Crippen LogP contribution >= 0.6 is 0 Å². The number of hydrogen-bond donors (Lipinski definition) is 1. The summed E-state index contributed by atoms with van der Waals surface area (Å²) in [6.07, 6.45) is 19.5. The van der Waals surface area contributed by atoms with Gasteiger partial charge in [0.2, 0.25) is 0 Å². The summed E-state index contributed by atoms with van der Waals surface area (Å²) in [5, 5.41) is 8.50. The van der Waals surface area contributed by atoms with Crippen molar-refractivity contribution in [3.05, 3.63) is 24.3 Å². The molecule has 0 saturated carbocycles. The lowest BCUT2D eigenvalue weighted by Crippen LogP contribution is -1.93. The summed E-state index contributed by atoms with van der Waals surface area (Å²) in [5.41, 5.74) is 0. The zero-order valence-corrected chi connectivity index (χ0v) is 13.3. The fourth-order valence-electron chi connectivity index (χ4n) is 2.01. The standard InChI is InChI=1S/C18H32O2/c1-17(2)15-13-11-9-7-5-3-4-6-8-10-12-14-16-18(19)20/h3,5,9,11,17H,4,6-8,10,12-16H2,1-2H3,(H,19,20). The first-order valence-corrected chi connectivity index (χ1v) is 8.14. The van der Waals surface area contributed by atoms with E-state index in [0.29, 0.717) is 6.42 Å². The molecule has 0 aromatic rings. The molecule has 2 nitrogen and oxygen atoms in total. The lowest BCUT2D eigenvalue weighted by Gasteiger charge is -1.98. The van der Waals surface area contributed by atoms with E-state index in [0.717, 1.165) is 38.0 Å². The van der Waals surface area contributed by atoms with Crippen LogP contribution in [0.3, 0.4) is 0 Å². The number of rotatable bonds is 13. The number of allylic oxidation sites excluding steroid dienone is 4. The van der Waals surface area contributed by atoms with Crippen LogP contribution in [0, 0.1) is 5.92 Å². The minimum absolute atomic E-state index is 0.322. The van der Waals surface area contributed by atoms with Crippen LogP contribution < -0.4 is 0 Å². The van der Waals surface area contributed by atoms with Gasteiger partial charge in [-0.2, -0.15) is 0 Å². The van der Waals surface area contributed by atoms with E-state index in [4.69, 9.17) is 5.11 Å². The second-order valence-electron chi connectivity index (χ2n) is 5.85. The van der Waals surface area contributed by atoms with Gasteiger partial charge in [-0.15, -0.1) is 0 Å². The van der Waals surface area contributed by atoms with E-state index in [9.17, 15) is 4.79 Å². The van der Waals surface area contributed by atoms with E-state index in [2.05, 4.69) is 38.2 Å². The second kappa shape index (κ2) is 14.4. The Morgan fingerprint density at radius 3 is 2.15 bits per heavy atom. The van der Waals surface area contributed by atoms with Gasteiger partial charge in [0.15, 0.2) is 0 Å². The Kier molecular flexibility index (Phi) is 13.6. The quantitative estimate of drug-likeness (QED) is 0.345. The number of aliphatic carboxylic acids is 1. The fraction of sp³-hybridized carbons (Fsp3) is 0.722. The first-order valence-electron chi connectivity index (χ1n) is 8.14. The fourth-order valence-corrected chi connectivity index (χ4v) is 2.01.